The summed E-state index contributed by atoms with van der Waals surface area (Å²) in [5, 5.41) is 17.9. The molecule has 0 aromatic rings. The molecule has 0 spiro atoms. The van der Waals surface area contributed by atoms with Crippen molar-refractivity contribution in [2.45, 2.75) is 150 Å². The van der Waals surface area contributed by atoms with E-state index in [-0.39, 0.29) is 22.8 Å². The van der Waals surface area contributed by atoms with E-state index in [0.29, 0.717) is 12.8 Å². The minimum absolute atomic E-state index is 0.0381. The zero-order chi connectivity index (χ0) is 33.4. The monoisotopic (exact) mass is 616 g/mol. The standard InChI is InChI=1S/C30H60N4O7Si/c1-15-18(4)21(27(38)32-19(5)26(37)33-24(20(6)35)25(31)36)16-22(41-42(13,14)30(10,11)12)23(17(2)3)34-28(39)40-29(7,8)9/h17-24,35H,15-16H2,1-14H3,(H2,31,36)(H,32,38)(H,33,37)(H,34,39)/t18-,19-,20+,21-,22+,23-,24-/m0/s1. The van der Waals surface area contributed by atoms with Crippen LogP contribution in [0.1, 0.15) is 95.9 Å². The van der Waals surface area contributed by atoms with Gasteiger partial charge >= 0.3 is 6.09 Å². The third-order valence-corrected chi connectivity index (χ3v) is 12.6. The molecule has 0 unspecified atom stereocenters. The number of hydrogen-bond donors (Lipinski definition) is 5. The number of primary amides is 1. The molecule has 0 aromatic carbocycles. The third-order valence-electron chi connectivity index (χ3n) is 8.05. The fourth-order valence-corrected chi connectivity index (χ4v) is 5.54. The first kappa shape index (κ1) is 39.8. The first-order chi connectivity index (χ1) is 18.8. The van der Waals surface area contributed by atoms with Gasteiger partial charge in [0, 0.05) is 5.92 Å². The Morgan fingerprint density at radius 2 is 1.40 bits per heavy atom. The molecule has 0 bridgehead atoms. The molecule has 0 aliphatic carbocycles. The van der Waals surface area contributed by atoms with Crippen LogP contribution in [-0.4, -0.2) is 73.2 Å². The van der Waals surface area contributed by atoms with Crippen LogP contribution in [0.3, 0.4) is 0 Å². The summed E-state index contributed by atoms with van der Waals surface area (Å²) in [6, 6.07) is -2.73. The van der Waals surface area contributed by atoms with Crippen molar-refractivity contribution in [1.29, 1.82) is 0 Å². The van der Waals surface area contributed by atoms with Crippen LogP contribution in [0.25, 0.3) is 0 Å². The van der Waals surface area contributed by atoms with Crippen molar-refractivity contribution in [3.05, 3.63) is 0 Å². The fourth-order valence-electron chi connectivity index (χ4n) is 4.18. The maximum Gasteiger partial charge on any atom is 0.407 e. The molecule has 7 atom stereocenters. The zero-order valence-electron chi connectivity index (χ0n) is 28.5. The molecule has 0 saturated carbocycles. The number of hydrogen-bond acceptors (Lipinski definition) is 7. The first-order valence-corrected chi connectivity index (χ1v) is 18.0. The molecule has 6 N–H and O–H groups in total. The van der Waals surface area contributed by atoms with Crippen molar-refractivity contribution < 1.29 is 33.4 Å². The van der Waals surface area contributed by atoms with Gasteiger partial charge in [-0.15, -0.1) is 0 Å². The summed E-state index contributed by atoms with van der Waals surface area (Å²) in [5.74, 6) is -2.53. The Hall–Kier alpha value is -2.18. The Morgan fingerprint density at radius 1 is 0.881 bits per heavy atom. The number of amides is 4. The summed E-state index contributed by atoms with van der Waals surface area (Å²) in [6.07, 6.45) is -1.26. The zero-order valence-corrected chi connectivity index (χ0v) is 29.5. The van der Waals surface area contributed by atoms with Gasteiger partial charge < -0.3 is 36.0 Å². The lowest BCUT2D eigenvalue weighted by molar-refractivity contribution is -0.134. The number of alkyl carbamates (subject to hydrolysis) is 1. The Bertz CT molecular complexity index is 912. The van der Waals surface area contributed by atoms with Crippen LogP contribution in [0.5, 0.6) is 0 Å². The average molecular weight is 617 g/mol. The molecule has 246 valence electrons. The molecule has 42 heavy (non-hydrogen) atoms. The van der Waals surface area contributed by atoms with Crippen molar-refractivity contribution in [2.24, 2.45) is 23.5 Å². The SMILES string of the molecule is CC[C@H](C)[C@H](C[C@@H](O[Si](C)(C)C(C)(C)C)[C@@H](NC(=O)OC(C)(C)C)C(C)C)C(=O)N[C@@H](C)C(=O)N[C@H](C(N)=O)[C@@H](C)O. The molecule has 0 rings (SSSR count). The largest absolute Gasteiger partial charge is 0.444 e. The second-order valence-corrected chi connectivity index (χ2v) is 19.2. The van der Waals surface area contributed by atoms with Crippen molar-refractivity contribution in [2.75, 3.05) is 0 Å². The number of aliphatic hydroxyl groups is 1. The van der Waals surface area contributed by atoms with Gasteiger partial charge in [0.25, 0.3) is 0 Å². The molecular weight excluding hydrogens is 556 g/mol. The molecule has 11 nitrogen and oxygen atoms in total. The Labute approximate surface area is 254 Å². The van der Waals surface area contributed by atoms with Crippen molar-refractivity contribution in [3.8, 4) is 0 Å². The van der Waals surface area contributed by atoms with Gasteiger partial charge in [-0.2, -0.15) is 0 Å². The first-order valence-electron chi connectivity index (χ1n) is 15.1. The van der Waals surface area contributed by atoms with Gasteiger partial charge in [-0.1, -0.05) is 54.9 Å². The van der Waals surface area contributed by atoms with Gasteiger partial charge in [0.05, 0.1) is 18.2 Å². The van der Waals surface area contributed by atoms with Crippen LogP contribution in [0.4, 0.5) is 4.79 Å². The molecule has 0 fully saturated rings. The lowest BCUT2D eigenvalue weighted by Gasteiger charge is -2.43. The van der Waals surface area contributed by atoms with Gasteiger partial charge in [-0.25, -0.2) is 4.79 Å². The summed E-state index contributed by atoms with van der Waals surface area (Å²) in [7, 11) is -2.37. The molecule has 12 heteroatoms. The molecule has 4 amide bonds. The molecule has 0 saturated heterocycles. The lowest BCUT2D eigenvalue weighted by atomic mass is 9.83. The van der Waals surface area contributed by atoms with Gasteiger partial charge in [0.1, 0.15) is 17.7 Å². The van der Waals surface area contributed by atoms with E-state index in [1.54, 1.807) is 20.8 Å². The van der Waals surface area contributed by atoms with Crippen LogP contribution < -0.4 is 21.7 Å². The number of nitrogens with one attached hydrogen (secondary N) is 3. The predicted molar refractivity (Wildman–Crippen MR) is 168 cm³/mol. The summed E-state index contributed by atoms with van der Waals surface area (Å²) in [6.45, 7) is 26.9. The highest BCUT2D eigenvalue weighted by atomic mass is 28.4. The smallest absolute Gasteiger partial charge is 0.407 e. The number of aliphatic hydroxyl groups excluding tert-OH is 1. The summed E-state index contributed by atoms with van der Waals surface area (Å²) >= 11 is 0. The number of carbonyl (C=O) groups is 4. The van der Waals surface area contributed by atoms with E-state index in [4.69, 9.17) is 14.9 Å². The fraction of sp³-hybridized carbons (Fsp3) is 0.867. The number of nitrogens with two attached hydrogens (primary N) is 1. The second-order valence-electron chi connectivity index (χ2n) is 14.4. The Balaban J connectivity index is 6.33. The molecule has 0 heterocycles. The van der Waals surface area contributed by atoms with Crippen LogP contribution in [-0.2, 0) is 23.5 Å². The van der Waals surface area contributed by atoms with Crippen molar-refractivity contribution >= 4 is 32.1 Å². The van der Waals surface area contributed by atoms with Crippen LogP contribution in [0, 0.1) is 17.8 Å². The van der Waals surface area contributed by atoms with Crippen molar-refractivity contribution in [1.82, 2.24) is 16.0 Å². The molecular formula is C30H60N4O7Si. The lowest BCUT2D eigenvalue weighted by Crippen LogP contribution is -2.57. The van der Waals surface area contributed by atoms with Crippen LogP contribution in [0.15, 0.2) is 0 Å². The maximum atomic E-state index is 13.7. The molecule has 0 radical (unpaired) electrons. The van der Waals surface area contributed by atoms with E-state index in [9.17, 15) is 24.3 Å². The molecule has 0 aliphatic rings. The van der Waals surface area contributed by atoms with Gasteiger partial charge in [0.15, 0.2) is 8.32 Å². The predicted octanol–water partition coefficient (Wildman–Crippen LogP) is 3.83. The number of carbonyl (C=O) groups excluding carboxylic acids is 4. The quantitative estimate of drug-likeness (QED) is 0.174. The van der Waals surface area contributed by atoms with E-state index in [0.717, 1.165) is 0 Å². The topological polar surface area (TPSA) is 169 Å². The van der Waals surface area contributed by atoms with E-state index in [1.165, 1.54) is 13.8 Å². The second kappa shape index (κ2) is 16.0. The summed E-state index contributed by atoms with van der Waals surface area (Å²) in [5.41, 5.74) is 4.62. The minimum Gasteiger partial charge on any atom is -0.444 e. The van der Waals surface area contributed by atoms with E-state index in [1.807, 2.05) is 27.7 Å². The van der Waals surface area contributed by atoms with Gasteiger partial charge in [-0.3, -0.25) is 14.4 Å². The van der Waals surface area contributed by atoms with E-state index >= 15 is 0 Å². The number of rotatable bonds is 15. The van der Waals surface area contributed by atoms with E-state index in [2.05, 4.69) is 49.8 Å². The van der Waals surface area contributed by atoms with Crippen molar-refractivity contribution in [3.63, 3.8) is 0 Å². The Morgan fingerprint density at radius 3 is 1.79 bits per heavy atom. The normalized spacial score (nSPS) is 17.7. The highest BCUT2D eigenvalue weighted by Crippen LogP contribution is 2.39. The highest BCUT2D eigenvalue weighted by Gasteiger charge is 2.43. The third kappa shape index (κ3) is 13.0. The number of ether oxygens (including phenoxy) is 1. The molecule has 0 aromatic heterocycles. The maximum absolute atomic E-state index is 13.7. The van der Waals surface area contributed by atoms with Crippen LogP contribution in [0.2, 0.25) is 18.1 Å². The minimum atomic E-state index is -2.37. The highest BCUT2D eigenvalue weighted by molar-refractivity contribution is 6.74. The summed E-state index contributed by atoms with van der Waals surface area (Å²) < 4.78 is 12.5. The van der Waals surface area contributed by atoms with Crippen LogP contribution >= 0.6 is 0 Å². The van der Waals surface area contributed by atoms with E-state index < -0.39 is 68.1 Å². The Kier molecular flexibility index (Phi) is 15.2. The average Bonchev–Trinajstić information content (AvgIpc) is 2.80. The van der Waals surface area contributed by atoms with Gasteiger partial charge in [0.2, 0.25) is 17.7 Å². The summed E-state index contributed by atoms with van der Waals surface area (Å²) in [4.78, 5) is 51.1. The van der Waals surface area contributed by atoms with Gasteiger partial charge in [-0.05, 0) is 71.0 Å². The molecule has 0 aliphatic heterocycles.